The Balaban J connectivity index is 1.54. The van der Waals surface area contributed by atoms with Gasteiger partial charge in [-0.2, -0.15) is 10.2 Å². The SMILES string of the molecule is Cc1cc(C)n(-c2ccc(NC(=O)c3cc4ncccn4n3)cc2)n1. The van der Waals surface area contributed by atoms with E-state index in [9.17, 15) is 4.79 Å². The summed E-state index contributed by atoms with van der Waals surface area (Å²) in [5.74, 6) is -0.274. The number of nitrogens with zero attached hydrogens (tertiary/aromatic N) is 5. The number of amides is 1. The second kappa shape index (κ2) is 5.86. The quantitative estimate of drug-likeness (QED) is 0.626. The van der Waals surface area contributed by atoms with Crippen LogP contribution in [0.2, 0.25) is 0 Å². The van der Waals surface area contributed by atoms with Crippen molar-refractivity contribution in [3.05, 3.63) is 71.9 Å². The molecule has 4 rings (SSSR count). The van der Waals surface area contributed by atoms with Crippen molar-refractivity contribution in [1.82, 2.24) is 24.4 Å². The highest BCUT2D eigenvalue weighted by Gasteiger charge is 2.12. The monoisotopic (exact) mass is 332 g/mol. The molecule has 25 heavy (non-hydrogen) atoms. The first kappa shape index (κ1) is 15.1. The highest BCUT2D eigenvalue weighted by Crippen LogP contribution is 2.16. The second-order valence-electron chi connectivity index (χ2n) is 5.79. The van der Waals surface area contributed by atoms with Crippen LogP contribution in [0.3, 0.4) is 0 Å². The number of nitrogens with one attached hydrogen (secondary N) is 1. The van der Waals surface area contributed by atoms with Crippen molar-refractivity contribution in [3.63, 3.8) is 0 Å². The fourth-order valence-corrected chi connectivity index (χ4v) is 2.71. The smallest absolute Gasteiger partial charge is 0.276 e. The van der Waals surface area contributed by atoms with Gasteiger partial charge in [0.25, 0.3) is 5.91 Å². The van der Waals surface area contributed by atoms with Crippen LogP contribution in [0.15, 0.2) is 54.9 Å². The number of hydrogen-bond acceptors (Lipinski definition) is 4. The van der Waals surface area contributed by atoms with Gasteiger partial charge in [0.2, 0.25) is 0 Å². The summed E-state index contributed by atoms with van der Waals surface area (Å²) >= 11 is 0. The average Bonchev–Trinajstić information content (AvgIpc) is 3.18. The lowest BCUT2D eigenvalue weighted by atomic mass is 10.2. The van der Waals surface area contributed by atoms with E-state index in [1.54, 1.807) is 29.0 Å². The maximum Gasteiger partial charge on any atom is 0.276 e. The van der Waals surface area contributed by atoms with Gasteiger partial charge in [-0.1, -0.05) is 0 Å². The Labute approximate surface area is 143 Å². The molecule has 1 amide bonds. The van der Waals surface area contributed by atoms with Crippen LogP contribution >= 0.6 is 0 Å². The maximum absolute atomic E-state index is 12.4. The predicted octanol–water partition coefficient (Wildman–Crippen LogP) is 2.78. The molecule has 3 heterocycles. The lowest BCUT2D eigenvalue weighted by molar-refractivity contribution is 0.102. The molecule has 0 radical (unpaired) electrons. The number of rotatable bonds is 3. The van der Waals surface area contributed by atoms with Crippen LogP contribution in [0.1, 0.15) is 21.9 Å². The Morgan fingerprint density at radius 1 is 1.08 bits per heavy atom. The Morgan fingerprint density at radius 2 is 1.88 bits per heavy atom. The summed E-state index contributed by atoms with van der Waals surface area (Å²) < 4.78 is 3.44. The lowest BCUT2D eigenvalue weighted by Gasteiger charge is -2.07. The fraction of sp³-hybridized carbons (Fsp3) is 0.111. The maximum atomic E-state index is 12.4. The van der Waals surface area contributed by atoms with Crippen LogP contribution < -0.4 is 5.32 Å². The van der Waals surface area contributed by atoms with E-state index in [4.69, 9.17) is 0 Å². The molecule has 4 aromatic rings. The summed E-state index contributed by atoms with van der Waals surface area (Å²) in [6.45, 7) is 3.97. The Kier molecular flexibility index (Phi) is 3.53. The molecule has 0 aliphatic carbocycles. The summed E-state index contributed by atoms with van der Waals surface area (Å²) in [7, 11) is 0. The van der Waals surface area contributed by atoms with Crippen molar-refractivity contribution in [1.29, 1.82) is 0 Å². The van der Waals surface area contributed by atoms with E-state index in [-0.39, 0.29) is 5.91 Å². The van der Waals surface area contributed by atoms with Gasteiger partial charge in [0.15, 0.2) is 11.3 Å². The molecular formula is C18H16N6O. The molecule has 1 aromatic carbocycles. The van der Waals surface area contributed by atoms with Crippen LogP contribution in [-0.2, 0) is 0 Å². The van der Waals surface area contributed by atoms with E-state index in [2.05, 4.69) is 20.5 Å². The first-order valence-corrected chi connectivity index (χ1v) is 7.85. The molecule has 0 aliphatic rings. The molecule has 0 unspecified atom stereocenters. The largest absolute Gasteiger partial charge is 0.321 e. The van der Waals surface area contributed by atoms with E-state index >= 15 is 0 Å². The third-order valence-electron chi connectivity index (χ3n) is 3.85. The number of carbonyl (C=O) groups is 1. The van der Waals surface area contributed by atoms with Crippen LogP contribution in [-0.4, -0.2) is 30.3 Å². The molecule has 0 atom stereocenters. The molecule has 0 bridgehead atoms. The zero-order chi connectivity index (χ0) is 17.4. The molecule has 3 aromatic heterocycles. The van der Waals surface area contributed by atoms with Crippen LogP contribution in [0, 0.1) is 13.8 Å². The van der Waals surface area contributed by atoms with Gasteiger partial charge in [0.05, 0.1) is 11.4 Å². The minimum absolute atomic E-state index is 0.274. The third kappa shape index (κ3) is 2.87. The van der Waals surface area contributed by atoms with Gasteiger partial charge in [0, 0.05) is 29.8 Å². The van der Waals surface area contributed by atoms with E-state index < -0.39 is 0 Å². The molecule has 0 spiro atoms. The zero-order valence-corrected chi connectivity index (χ0v) is 13.8. The first-order valence-electron chi connectivity index (χ1n) is 7.85. The van der Waals surface area contributed by atoms with Gasteiger partial charge in [-0.05, 0) is 50.2 Å². The van der Waals surface area contributed by atoms with Crippen LogP contribution in [0.5, 0.6) is 0 Å². The van der Waals surface area contributed by atoms with Crippen molar-refractivity contribution in [3.8, 4) is 5.69 Å². The second-order valence-corrected chi connectivity index (χ2v) is 5.79. The lowest BCUT2D eigenvalue weighted by Crippen LogP contribution is -2.12. The van der Waals surface area contributed by atoms with Crippen LogP contribution in [0.4, 0.5) is 5.69 Å². The molecule has 7 heteroatoms. The van der Waals surface area contributed by atoms with Gasteiger partial charge in [-0.25, -0.2) is 14.2 Å². The third-order valence-corrected chi connectivity index (χ3v) is 3.85. The number of carbonyl (C=O) groups excluding carboxylic acids is 1. The van der Waals surface area contributed by atoms with E-state index in [0.717, 1.165) is 17.1 Å². The van der Waals surface area contributed by atoms with Crippen molar-refractivity contribution < 1.29 is 4.79 Å². The number of anilines is 1. The average molecular weight is 332 g/mol. The van der Waals surface area contributed by atoms with Gasteiger partial charge >= 0.3 is 0 Å². The predicted molar refractivity (Wildman–Crippen MR) is 94.0 cm³/mol. The molecule has 0 saturated carbocycles. The highest BCUT2D eigenvalue weighted by atomic mass is 16.1. The minimum Gasteiger partial charge on any atom is -0.321 e. The van der Waals surface area contributed by atoms with Gasteiger partial charge in [-0.3, -0.25) is 4.79 Å². The van der Waals surface area contributed by atoms with Crippen molar-refractivity contribution in [2.24, 2.45) is 0 Å². The summed E-state index contributed by atoms with van der Waals surface area (Å²) in [4.78, 5) is 16.5. The Morgan fingerprint density at radius 3 is 2.56 bits per heavy atom. The van der Waals surface area contributed by atoms with Crippen molar-refractivity contribution in [2.45, 2.75) is 13.8 Å². The molecule has 7 nitrogen and oxygen atoms in total. The summed E-state index contributed by atoms with van der Waals surface area (Å²) in [5.41, 5.74) is 4.62. The number of hydrogen-bond donors (Lipinski definition) is 1. The molecule has 124 valence electrons. The number of benzene rings is 1. The number of aryl methyl sites for hydroxylation is 2. The molecule has 1 N–H and O–H groups in total. The normalized spacial score (nSPS) is 11.0. The van der Waals surface area contributed by atoms with Gasteiger partial charge in [-0.15, -0.1) is 0 Å². The van der Waals surface area contributed by atoms with Crippen molar-refractivity contribution in [2.75, 3.05) is 5.32 Å². The van der Waals surface area contributed by atoms with Gasteiger partial charge < -0.3 is 5.32 Å². The molecular weight excluding hydrogens is 316 g/mol. The summed E-state index contributed by atoms with van der Waals surface area (Å²) in [6, 6.07) is 13.0. The number of fused-ring (bicyclic) bond motifs is 1. The molecule has 0 saturated heterocycles. The van der Waals surface area contributed by atoms with E-state index in [1.807, 2.05) is 48.9 Å². The number of aromatic nitrogens is 5. The fourth-order valence-electron chi connectivity index (χ4n) is 2.71. The van der Waals surface area contributed by atoms with E-state index in [1.165, 1.54) is 0 Å². The summed E-state index contributed by atoms with van der Waals surface area (Å²) in [6.07, 6.45) is 3.42. The van der Waals surface area contributed by atoms with Crippen LogP contribution in [0.25, 0.3) is 11.3 Å². The minimum atomic E-state index is -0.274. The van der Waals surface area contributed by atoms with Crippen molar-refractivity contribution >= 4 is 17.2 Å². The first-order chi connectivity index (χ1) is 12.1. The van der Waals surface area contributed by atoms with E-state index in [0.29, 0.717) is 17.0 Å². The standard InChI is InChI=1S/C18H16N6O/c1-12-10-13(2)24(21-12)15-6-4-14(5-7-15)20-18(25)16-11-17-19-8-3-9-23(17)22-16/h3-11H,1-2H3,(H,20,25). The summed E-state index contributed by atoms with van der Waals surface area (Å²) in [5, 5.41) is 11.5. The molecule has 0 fully saturated rings. The van der Waals surface area contributed by atoms with Gasteiger partial charge in [0.1, 0.15) is 0 Å². The highest BCUT2D eigenvalue weighted by molar-refractivity contribution is 6.03. The Hall–Kier alpha value is -3.48. The topological polar surface area (TPSA) is 77.1 Å². The zero-order valence-electron chi connectivity index (χ0n) is 13.8. The molecule has 0 aliphatic heterocycles. The Bertz CT molecular complexity index is 1030.